The molecule has 5 heteroatoms. The van der Waals surface area contributed by atoms with E-state index in [0.717, 1.165) is 0 Å². The van der Waals surface area contributed by atoms with Crippen LogP contribution in [0, 0.1) is 23.2 Å². The molecule has 1 heterocycles. The molecule has 1 aliphatic heterocycles. The molecule has 0 radical (unpaired) electrons. The van der Waals surface area contributed by atoms with Gasteiger partial charge in [0.2, 0.25) is 11.8 Å². The van der Waals surface area contributed by atoms with E-state index in [9.17, 15) is 9.59 Å². The average molecular weight is 264 g/mol. The maximum absolute atomic E-state index is 12.2. The van der Waals surface area contributed by atoms with Crippen molar-refractivity contribution in [2.45, 2.75) is 26.7 Å². The fourth-order valence-electron chi connectivity index (χ4n) is 1.93. The summed E-state index contributed by atoms with van der Waals surface area (Å²) in [5.74, 6) is 4.62. The minimum atomic E-state index is -1.24. The van der Waals surface area contributed by atoms with Gasteiger partial charge in [0.1, 0.15) is 5.41 Å². The predicted octanol–water partition coefficient (Wildman–Crippen LogP) is 1.13. The normalized spacial score (nSPS) is 19.1. The van der Waals surface area contributed by atoms with Crippen LogP contribution in [0.4, 0.5) is 0 Å². The number of hydrogen-bond donors (Lipinski definition) is 2. The third kappa shape index (κ3) is 2.44. The van der Waals surface area contributed by atoms with E-state index >= 15 is 0 Å². The van der Waals surface area contributed by atoms with Gasteiger partial charge in [-0.1, -0.05) is 18.9 Å². The fraction of sp³-hybridized carbons (Fsp3) is 0.462. The van der Waals surface area contributed by atoms with Crippen molar-refractivity contribution in [1.82, 2.24) is 10.6 Å². The summed E-state index contributed by atoms with van der Waals surface area (Å²) in [6, 6.07) is 0. The van der Waals surface area contributed by atoms with Crippen LogP contribution in [0.1, 0.15) is 26.7 Å². The Labute approximate surface area is 112 Å². The molecule has 0 unspecified atom stereocenters. The van der Waals surface area contributed by atoms with E-state index in [4.69, 9.17) is 12.2 Å². The van der Waals surface area contributed by atoms with E-state index in [-0.39, 0.29) is 11.5 Å². The molecule has 1 fully saturated rings. The molecule has 0 bridgehead atoms. The van der Waals surface area contributed by atoms with Crippen molar-refractivity contribution in [3.63, 3.8) is 0 Å². The van der Waals surface area contributed by atoms with Crippen LogP contribution in [0.3, 0.4) is 0 Å². The summed E-state index contributed by atoms with van der Waals surface area (Å²) in [7, 11) is 0. The van der Waals surface area contributed by atoms with Crippen LogP contribution in [0.15, 0.2) is 12.7 Å². The molecule has 0 aromatic carbocycles. The number of nitrogens with one attached hydrogen (secondary N) is 2. The highest BCUT2D eigenvalue weighted by Gasteiger charge is 2.52. The second kappa shape index (κ2) is 5.78. The first-order valence-electron chi connectivity index (χ1n) is 5.75. The van der Waals surface area contributed by atoms with Gasteiger partial charge in [-0.2, -0.15) is 0 Å². The first-order valence-corrected chi connectivity index (χ1v) is 6.16. The Morgan fingerprint density at radius 2 is 2.00 bits per heavy atom. The van der Waals surface area contributed by atoms with Gasteiger partial charge in [-0.05, 0) is 25.6 Å². The molecule has 1 saturated heterocycles. The molecule has 18 heavy (non-hydrogen) atoms. The smallest absolute Gasteiger partial charge is 0.243 e. The van der Waals surface area contributed by atoms with Gasteiger partial charge >= 0.3 is 0 Å². The molecule has 1 aliphatic rings. The summed E-state index contributed by atoms with van der Waals surface area (Å²) in [4.78, 5) is 24.3. The quantitative estimate of drug-likeness (QED) is 0.348. The molecule has 4 nitrogen and oxygen atoms in total. The first-order chi connectivity index (χ1) is 8.48. The molecule has 2 N–H and O–H groups in total. The lowest BCUT2D eigenvalue weighted by molar-refractivity contribution is -0.145. The molecule has 0 saturated carbocycles. The van der Waals surface area contributed by atoms with Gasteiger partial charge in [0, 0.05) is 12.3 Å². The van der Waals surface area contributed by atoms with Crippen LogP contribution < -0.4 is 10.6 Å². The molecular formula is C13H16N2O2S. The monoisotopic (exact) mass is 264 g/mol. The van der Waals surface area contributed by atoms with Crippen molar-refractivity contribution in [3.8, 4) is 11.8 Å². The summed E-state index contributed by atoms with van der Waals surface area (Å²) < 4.78 is 0. The zero-order valence-corrected chi connectivity index (χ0v) is 11.3. The van der Waals surface area contributed by atoms with E-state index in [0.29, 0.717) is 6.42 Å². The molecule has 0 aromatic rings. The fourth-order valence-corrected chi connectivity index (χ4v) is 2.11. The lowest BCUT2D eigenvalue weighted by Crippen LogP contribution is -2.64. The minimum Gasteiger partial charge on any atom is -0.302 e. The van der Waals surface area contributed by atoms with Crippen LogP contribution in [-0.2, 0) is 9.59 Å². The lowest BCUT2D eigenvalue weighted by atomic mass is 9.71. The molecule has 1 rings (SSSR count). The van der Waals surface area contributed by atoms with Gasteiger partial charge in [0.15, 0.2) is 5.11 Å². The van der Waals surface area contributed by atoms with Gasteiger partial charge in [0.25, 0.3) is 0 Å². The SMILES string of the molecule is C=CCC1([C@@H](C)C#CCC)C(=O)NC(=S)NC1=O. The molecule has 0 aliphatic carbocycles. The number of rotatable bonds is 3. The number of thiocarbonyl (C=S) groups is 1. The van der Waals surface area contributed by atoms with Crippen molar-refractivity contribution in [2.75, 3.05) is 0 Å². The van der Waals surface area contributed by atoms with Gasteiger partial charge in [-0.3, -0.25) is 9.59 Å². The van der Waals surface area contributed by atoms with E-state index in [2.05, 4.69) is 29.1 Å². The van der Waals surface area contributed by atoms with Gasteiger partial charge < -0.3 is 10.6 Å². The molecular weight excluding hydrogens is 248 g/mol. The highest BCUT2D eigenvalue weighted by molar-refractivity contribution is 7.80. The standard InChI is InChI=1S/C13H16N2O2S/c1-4-6-7-9(3)13(8-5-2)10(16)14-12(18)15-11(13)17/h5,9H,2,4,8H2,1,3H3,(H2,14,15,16,17,18)/t9-/m0/s1. The Bertz CT molecular complexity index is 439. The molecule has 96 valence electrons. The minimum absolute atomic E-state index is 0.0420. The number of carbonyl (C=O) groups excluding carboxylic acids is 2. The Kier molecular flexibility index (Phi) is 4.62. The zero-order chi connectivity index (χ0) is 13.8. The number of allylic oxidation sites excluding steroid dienone is 1. The number of hydrogen-bond acceptors (Lipinski definition) is 3. The van der Waals surface area contributed by atoms with Crippen LogP contribution in [0.2, 0.25) is 0 Å². The molecule has 0 spiro atoms. The zero-order valence-electron chi connectivity index (χ0n) is 10.5. The predicted molar refractivity (Wildman–Crippen MR) is 73.4 cm³/mol. The van der Waals surface area contributed by atoms with Crippen molar-refractivity contribution in [1.29, 1.82) is 0 Å². The third-order valence-electron chi connectivity index (χ3n) is 2.97. The highest BCUT2D eigenvalue weighted by Crippen LogP contribution is 2.34. The maximum atomic E-state index is 12.2. The van der Waals surface area contributed by atoms with Gasteiger partial charge in [-0.25, -0.2) is 0 Å². The molecule has 0 aromatic heterocycles. The van der Waals surface area contributed by atoms with Crippen molar-refractivity contribution in [2.24, 2.45) is 11.3 Å². The van der Waals surface area contributed by atoms with Crippen molar-refractivity contribution < 1.29 is 9.59 Å². The summed E-state index contributed by atoms with van der Waals surface area (Å²) in [6.07, 6.45) is 2.46. The van der Waals surface area contributed by atoms with Crippen LogP contribution in [0.5, 0.6) is 0 Å². The summed E-state index contributed by atoms with van der Waals surface area (Å²) in [5, 5.41) is 5.02. The maximum Gasteiger partial charge on any atom is 0.243 e. The largest absolute Gasteiger partial charge is 0.302 e. The van der Waals surface area contributed by atoms with Crippen molar-refractivity contribution in [3.05, 3.63) is 12.7 Å². The Morgan fingerprint density at radius 3 is 2.44 bits per heavy atom. The Balaban J connectivity index is 3.20. The number of carbonyl (C=O) groups is 2. The topological polar surface area (TPSA) is 58.2 Å². The van der Waals surface area contributed by atoms with Crippen LogP contribution in [0.25, 0.3) is 0 Å². The lowest BCUT2D eigenvalue weighted by Gasteiger charge is -2.36. The summed E-state index contributed by atoms with van der Waals surface area (Å²) >= 11 is 4.79. The van der Waals surface area contributed by atoms with Crippen LogP contribution >= 0.6 is 12.2 Å². The number of amides is 2. The van der Waals surface area contributed by atoms with Crippen molar-refractivity contribution >= 4 is 29.1 Å². The molecule has 1 atom stereocenters. The molecule has 2 amide bonds. The van der Waals surface area contributed by atoms with Crippen LogP contribution in [-0.4, -0.2) is 16.9 Å². The third-order valence-corrected chi connectivity index (χ3v) is 3.17. The first kappa shape index (κ1) is 14.4. The van der Waals surface area contributed by atoms with E-state index in [1.54, 1.807) is 13.0 Å². The van der Waals surface area contributed by atoms with Gasteiger partial charge in [0.05, 0.1) is 0 Å². The van der Waals surface area contributed by atoms with E-state index in [1.807, 2.05) is 6.92 Å². The summed E-state index contributed by atoms with van der Waals surface area (Å²) in [6.45, 7) is 7.29. The van der Waals surface area contributed by atoms with E-state index in [1.165, 1.54) is 0 Å². The second-order valence-corrected chi connectivity index (χ2v) is 4.51. The van der Waals surface area contributed by atoms with Gasteiger partial charge in [-0.15, -0.1) is 12.5 Å². The Morgan fingerprint density at radius 1 is 1.44 bits per heavy atom. The highest BCUT2D eigenvalue weighted by atomic mass is 32.1. The Hall–Kier alpha value is -1.67. The average Bonchev–Trinajstić information content (AvgIpc) is 2.30. The van der Waals surface area contributed by atoms with E-state index < -0.39 is 23.1 Å². The summed E-state index contributed by atoms with van der Waals surface area (Å²) in [5.41, 5.74) is -1.24. The second-order valence-electron chi connectivity index (χ2n) is 4.10.